The van der Waals surface area contributed by atoms with Crippen molar-refractivity contribution in [3.05, 3.63) is 0 Å². The molecule has 2 unspecified atom stereocenters. The molecule has 16 heavy (non-hydrogen) atoms. The molecule has 2 atom stereocenters. The third-order valence-corrected chi connectivity index (χ3v) is 4.05. The lowest BCUT2D eigenvalue weighted by molar-refractivity contribution is 0.107. The van der Waals surface area contributed by atoms with Crippen LogP contribution in [0.2, 0.25) is 0 Å². The number of carbonyl (C=O) groups is 1. The molecule has 0 aromatic heterocycles. The number of nitrogens with zero attached hydrogens (tertiary/aromatic N) is 1. The molecular weight excluding hydrogens is 202 g/mol. The highest BCUT2D eigenvalue weighted by Crippen LogP contribution is 2.26. The second kappa shape index (κ2) is 4.24. The first kappa shape index (κ1) is 10.4. The van der Waals surface area contributed by atoms with Gasteiger partial charge in [-0.15, -0.1) is 0 Å². The molecule has 0 aromatic rings. The Kier molecular flexibility index (Phi) is 2.75. The Balaban J connectivity index is 1.64. The van der Waals surface area contributed by atoms with Crippen molar-refractivity contribution >= 4 is 6.03 Å². The Labute approximate surface area is 96.8 Å². The van der Waals surface area contributed by atoms with Gasteiger partial charge in [0.05, 0.1) is 0 Å². The van der Waals surface area contributed by atoms with E-state index in [0.717, 1.165) is 13.1 Å². The molecule has 1 saturated heterocycles. The zero-order valence-electron chi connectivity index (χ0n) is 9.74. The summed E-state index contributed by atoms with van der Waals surface area (Å²) in [5.74, 6) is 0. The number of hydrogen-bond acceptors (Lipinski definition) is 2. The van der Waals surface area contributed by atoms with Crippen molar-refractivity contribution in [2.75, 3.05) is 13.1 Å². The van der Waals surface area contributed by atoms with Gasteiger partial charge in [-0.1, -0.05) is 12.8 Å². The van der Waals surface area contributed by atoms with Crippen LogP contribution in [0.1, 0.15) is 38.5 Å². The second-order valence-corrected chi connectivity index (χ2v) is 5.33. The zero-order chi connectivity index (χ0) is 11.0. The molecule has 0 radical (unpaired) electrons. The molecule has 90 valence electrons. The van der Waals surface area contributed by atoms with Gasteiger partial charge in [-0.25, -0.2) is 4.79 Å². The van der Waals surface area contributed by atoms with Gasteiger partial charge in [-0.2, -0.15) is 0 Å². The van der Waals surface area contributed by atoms with Crippen molar-refractivity contribution in [1.29, 1.82) is 0 Å². The van der Waals surface area contributed by atoms with Crippen molar-refractivity contribution in [2.24, 2.45) is 0 Å². The number of rotatable bonds is 1. The smallest absolute Gasteiger partial charge is 0.317 e. The van der Waals surface area contributed by atoms with Gasteiger partial charge in [-0.05, 0) is 25.7 Å². The number of hydrogen-bond donors (Lipinski definition) is 2. The van der Waals surface area contributed by atoms with Crippen molar-refractivity contribution < 1.29 is 4.79 Å². The van der Waals surface area contributed by atoms with E-state index in [1.807, 2.05) is 0 Å². The van der Waals surface area contributed by atoms with Crippen LogP contribution in [0.4, 0.5) is 4.79 Å². The minimum Gasteiger partial charge on any atom is -0.335 e. The maximum atomic E-state index is 12.1. The molecule has 2 saturated carbocycles. The zero-order valence-corrected chi connectivity index (χ0v) is 9.74. The largest absolute Gasteiger partial charge is 0.335 e. The molecule has 2 aliphatic carbocycles. The van der Waals surface area contributed by atoms with E-state index < -0.39 is 0 Å². The fourth-order valence-corrected chi connectivity index (χ4v) is 3.00. The predicted octanol–water partition coefficient (Wildman–Crippen LogP) is 1.07. The number of nitrogens with one attached hydrogen (secondary N) is 2. The first-order chi connectivity index (χ1) is 7.84. The van der Waals surface area contributed by atoms with E-state index in [1.54, 1.807) is 0 Å². The molecule has 0 spiro atoms. The van der Waals surface area contributed by atoms with Crippen LogP contribution >= 0.6 is 0 Å². The molecule has 2 amide bonds. The summed E-state index contributed by atoms with van der Waals surface area (Å²) in [7, 11) is 0. The Morgan fingerprint density at radius 2 is 2.00 bits per heavy atom. The van der Waals surface area contributed by atoms with Crippen LogP contribution in [-0.4, -0.2) is 42.1 Å². The van der Waals surface area contributed by atoms with Gasteiger partial charge in [0.15, 0.2) is 0 Å². The van der Waals surface area contributed by atoms with Gasteiger partial charge in [0, 0.05) is 31.2 Å². The van der Waals surface area contributed by atoms with Crippen molar-refractivity contribution in [3.8, 4) is 0 Å². The fourth-order valence-electron chi connectivity index (χ4n) is 3.00. The summed E-state index contributed by atoms with van der Waals surface area (Å²) in [6.07, 6.45) is 7.34. The van der Waals surface area contributed by atoms with Gasteiger partial charge in [-0.3, -0.25) is 0 Å². The molecule has 0 bridgehead atoms. The number of urea groups is 1. The monoisotopic (exact) mass is 223 g/mol. The summed E-state index contributed by atoms with van der Waals surface area (Å²) >= 11 is 0. The third kappa shape index (κ3) is 2.03. The standard InChI is InChI=1S/C12H21N3O/c16-12(14-9-5-6-9)15-8-7-13-10-3-1-2-4-11(10)15/h9-11,13H,1-8H2,(H,14,16). The summed E-state index contributed by atoms with van der Waals surface area (Å²) in [4.78, 5) is 14.2. The van der Waals surface area contributed by atoms with Crippen LogP contribution in [0.3, 0.4) is 0 Å². The SMILES string of the molecule is O=C(NC1CC1)N1CCNC2CCCCC21. The van der Waals surface area contributed by atoms with Crippen molar-refractivity contribution in [2.45, 2.75) is 56.7 Å². The van der Waals surface area contributed by atoms with Crippen LogP contribution in [0, 0.1) is 0 Å². The molecule has 2 N–H and O–H groups in total. The van der Waals surface area contributed by atoms with E-state index in [4.69, 9.17) is 0 Å². The summed E-state index contributed by atoms with van der Waals surface area (Å²) in [5, 5.41) is 6.67. The number of piperazine rings is 1. The van der Waals surface area contributed by atoms with Crippen LogP contribution in [0.25, 0.3) is 0 Å². The first-order valence-corrected chi connectivity index (χ1v) is 6.65. The average Bonchev–Trinajstić information content (AvgIpc) is 3.12. The van der Waals surface area contributed by atoms with E-state index in [9.17, 15) is 4.79 Å². The number of fused-ring (bicyclic) bond motifs is 1. The Hall–Kier alpha value is -0.770. The van der Waals surface area contributed by atoms with Crippen LogP contribution in [0.15, 0.2) is 0 Å². The Bertz CT molecular complexity index is 275. The highest BCUT2D eigenvalue weighted by Gasteiger charge is 2.36. The highest BCUT2D eigenvalue weighted by molar-refractivity contribution is 5.75. The van der Waals surface area contributed by atoms with Gasteiger partial charge >= 0.3 is 6.03 Å². The molecule has 1 aliphatic heterocycles. The van der Waals surface area contributed by atoms with E-state index >= 15 is 0 Å². The molecule has 3 aliphatic rings. The lowest BCUT2D eigenvalue weighted by Gasteiger charge is -2.44. The quantitative estimate of drug-likeness (QED) is 0.698. The van der Waals surface area contributed by atoms with E-state index in [1.165, 1.54) is 38.5 Å². The van der Waals surface area contributed by atoms with Crippen LogP contribution < -0.4 is 10.6 Å². The Morgan fingerprint density at radius 3 is 2.81 bits per heavy atom. The molecule has 3 fully saturated rings. The lowest BCUT2D eigenvalue weighted by Crippen LogP contribution is -2.62. The topological polar surface area (TPSA) is 44.4 Å². The van der Waals surface area contributed by atoms with Gasteiger partial charge in [0.1, 0.15) is 0 Å². The Morgan fingerprint density at radius 1 is 1.19 bits per heavy atom. The molecule has 1 heterocycles. The maximum Gasteiger partial charge on any atom is 0.317 e. The summed E-state index contributed by atoms with van der Waals surface area (Å²) in [6.45, 7) is 1.83. The minimum absolute atomic E-state index is 0.181. The highest BCUT2D eigenvalue weighted by atomic mass is 16.2. The molecule has 3 rings (SSSR count). The van der Waals surface area contributed by atoms with E-state index in [2.05, 4.69) is 15.5 Å². The van der Waals surface area contributed by atoms with Gasteiger partial charge in [0.2, 0.25) is 0 Å². The van der Waals surface area contributed by atoms with E-state index in [-0.39, 0.29) is 6.03 Å². The third-order valence-electron chi connectivity index (χ3n) is 4.05. The van der Waals surface area contributed by atoms with Gasteiger partial charge in [0.25, 0.3) is 0 Å². The van der Waals surface area contributed by atoms with Crippen molar-refractivity contribution in [1.82, 2.24) is 15.5 Å². The molecule has 0 aromatic carbocycles. The number of carbonyl (C=O) groups excluding carboxylic acids is 1. The molecule has 4 nitrogen and oxygen atoms in total. The predicted molar refractivity (Wildman–Crippen MR) is 62.3 cm³/mol. The lowest BCUT2D eigenvalue weighted by atomic mass is 9.88. The first-order valence-electron chi connectivity index (χ1n) is 6.65. The minimum atomic E-state index is 0.181. The van der Waals surface area contributed by atoms with E-state index in [0.29, 0.717) is 18.1 Å². The van der Waals surface area contributed by atoms with Crippen LogP contribution in [0.5, 0.6) is 0 Å². The second-order valence-electron chi connectivity index (χ2n) is 5.33. The van der Waals surface area contributed by atoms with Gasteiger partial charge < -0.3 is 15.5 Å². The van der Waals surface area contributed by atoms with Crippen LogP contribution in [-0.2, 0) is 0 Å². The fraction of sp³-hybridized carbons (Fsp3) is 0.917. The summed E-state index contributed by atoms with van der Waals surface area (Å²) in [6, 6.07) is 1.65. The molecular formula is C12H21N3O. The average molecular weight is 223 g/mol. The summed E-state index contributed by atoms with van der Waals surface area (Å²) < 4.78 is 0. The normalized spacial score (nSPS) is 34.4. The molecule has 4 heteroatoms. The maximum absolute atomic E-state index is 12.1. The number of amides is 2. The van der Waals surface area contributed by atoms with Crippen molar-refractivity contribution in [3.63, 3.8) is 0 Å². The summed E-state index contributed by atoms with van der Waals surface area (Å²) in [5.41, 5.74) is 0.